The number of fused-ring (bicyclic) bond motifs is 1. The smallest absolute Gasteiger partial charge is 0.411 e. The lowest BCUT2D eigenvalue weighted by Crippen LogP contribution is -2.35. The van der Waals surface area contributed by atoms with Gasteiger partial charge < -0.3 is 14.8 Å². The average Bonchev–Trinajstić information content (AvgIpc) is 2.89. The molecule has 9 heteroatoms. The minimum Gasteiger partial charge on any atom is -0.462 e. The van der Waals surface area contributed by atoms with Crippen LogP contribution in [0.5, 0.6) is 0 Å². The number of rotatable bonds is 10. The first-order valence-electron chi connectivity index (χ1n) is 11.3. The Balaban J connectivity index is 1.34. The van der Waals surface area contributed by atoms with Gasteiger partial charge >= 0.3 is 18.0 Å². The molecule has 35 heavy (non-hydrogen) atoms. The summed E-state index contributed by atoms with van der Waals surface area (Å²) in [5, 5.41) is 17.9. The van der Waals surface area contributed by atoms with Crippen LogP contribution in [0.2, 0.25) is 0 Å². The summed E-state index contributed by atoms with van der Waals surface area (Å²) in [5.74, 6) is -2.17. The second kappa shape index (κ2) is 13.1. The standard InChI is InChI=1S/C26H29N3O6/c1-34-25(31)24(30)29(33)16-5-4-15-27-17-19-11-13-20(14-12-19)18-35-26(32)28-23-10-6-8-21-7-2-3-9-22(21)23/h2-3,6-14,27,33H,4-5,15-18H2,1H3,(H,28,32). The predicted molar refractivity (Wildman–Crippen MR) is 131 cm³/mol. The molecule has 0 heterocycles. The molecule has 0 radical (unpaired) electrons. The molecule has 0 aliphatic heterocycles. The number of hydroxylamine groups is 2. The van der Waals surface area contributed by atoms with E-state index in [4.69, 9.17) is 4.74 Å². The van der Waals surface area contributed by atoms with Gasteiger partial charge in [-0.1, -0.05) is 60.7 Å². The van der Waals surface area contributed by atoms with E-state index < -0.39 is 18.0 Å². The van der Waals surface area contributed by atoms with Crippen molar-refractivity contribution in [2.45, 2.75) is 26.0 Å². The third kappa shape index (κ3) is 7.80. The molecule has 3 rings (SSSR count). The van der Waals surface area contributed by atoms with Gasteiger partial charge in [0.1, 0.15) is 6.61 Å². The Labute approximate surface area is 203 Å². The number of unbranched alkanes of at least 4 members (excludes halogenated alkanes) is 1. The van der Waals surface area contributed by atoms with Crippen molar-refractivity contribution in [3.05, 3.63) is 77.9 Å². The minimum absolute atomic E-state index is 0.0540. The summed E-state index contributed by atoms with van der Waals surface area (Å²) in [7, 11) is 1.09. The molecule has 0 aromatic heterocycles. The average molecular weight is 480 g/mol. The first kappa shape index (κ1) is 25.7. The number of methoxy groups -OCH3 is 1. The van der Waals surface area contributed by atoms with E-state index in [0.717, 1.165) is 29.0 Å². The van der Waals surface area contributed by atoms with E-state index in [1.54, 1.807) is 0 Å². The van der Waals surface area contributed by atoms with Crippen molar-refractivity contribution in [3.63, 3.8) is 0 Å². The summed E-state index contributed by atoms with van der Waals surface area (Å²) in [6.45, 7) is 1.54. The van der Waals surface area contributed by atoms with Crippen LogP contribution < -0.4 is 10.6 Å². The minimum atomic E-state index is -1.09. The molecular weight excluding hydrogens is 450 g/mol. The number of nitrogens with one attached hydrogen (secondary N) is 2. The van der Waals surface area contributed by atoms with Crippen LogP contribution in [0.3, 0.4) is 0 Å². The summed E-state index contributed by atoms with van der Waals surface area (Å²) in [5.41, 5.74) is 2.65. The number of hydrogen-bond acceptors (Lipinski definition) is 7. The normalized spacial score (nSPS) is 10.6. The van der Waals surface area contributed by atoms with Crippen LogP contribution in [0.1, 0.15) is 24.0 Å². The monoisotopic (exact) mass is 479 g/mol. The number of esters is 1. The highest BCUT2D eigenvalue weighted by Crippen LogP contribution is 2.23. The molecule has 0 saturated heterocycles. The lowest BCUT2D eigenvalue weighted by molar-refractivity contribution is -0.179. The Morgan fingerprint density at radius 3 is 2.40 bits per heavy atom. The summed E-state index contributed by atoms with van der Waals surface area (Å²) >= 11 is 0. The van der Waals surface area contributed by atoms with E-state index in [2.05, 4.69) is 15.4 Å². The SMILES string of the molecule is COC(=O)C(=O)N(O)CCCCNCc1ccc(COC(=O)Nc2cccc3ccccc23)cc1. The third-order valence-corrected chi connectivity index (χ3v) is 5.32. The largest absolute Gasteiger partial charge is 0.462 e. The van der Waals surface area contributed by atoms with Crippen molar-refractivity contribution >= 4 is 34.4 Å². The summed E-state index contributed by atoms with van der Waals surface area (Å²) in [6, 6.07) is 21.3. The third-order valence-electron chi connectivity index (χ3n) is 5.32. The van der Waals surface area contributed by atoms with Crippen LogP contribution in [0.15, 0.2) is 66.7 Å². The Kier molecular flexibility index (Phi) is 9.58. The van der Waals surface area contributed by atoms with Gasteiger partial charge in [0.05, 0.1) is 12.8 Å². The zero-order valence-corrected chi connectivity index (χ0v) is 19.5. The zero-order chi connectivity index (χ0) is 25.0. The van der Waals surface area contributed by atoms with Gasteiger partial charge in [-0.25, -0.2) is 14.7 Å². The zero-order valence-electron chi connectivity index (χ0n) is 19.5. The lowest BCUT2D eigenvalue weighted by Gasteiger charge is -2.13. The number of amides is 2. The van der Waals surface area contributed by atoms with Crippen molar-refractivity contribution in [2.24, 2.45) is 0 Å². The highest BCUT2D eigenvalue weighted by atomic mass is 16.6. The Bertz CT molecular complexity index is 1140. The molecule has 0 bridgehead atoms. The van der Waals surface area contributed by atoms with E-state index in [9.17, 15) is 19.6 Å². The van der Waals surface area contributed by atoms with Gasteiger partial charge in [0.15, 0.2) is 0 Å². The number of carbonyl (C=O) groups excluding carboxylic acids is 3. The van der Waals surface area contributed by atoms with Crippen LogP contribution in [0.25, 0.3) is 10.8 Å². The highest BCUT2D eigenvalue weighted by molar-refractivity contribution is 6.31. The molecule has 2 amide bonds. The van der Waals surface area contributed by atoms with Crippen LogP contribution >= 0.6 is 0 Å². The fourth-order valence-corrected chi connectivity index (χ4v) is 3.42. The molecule has 3 N–H and O–H groups in total. The van der Waals surface area contributed by atoms with Gasteiger partial charge in [-0.15, -0.1) is 0 Å². The van der Waals surface area contributed by atoms with Crippen molar-refractivity contribution in [1.82, 2.24) is 10.4 Å². The van der Waals surface area contributed by atoms with E-state index in [0.29, 0.717) is 36.7 Å². The number of benzene rings is 3. The second-order valence-electron chi connectivity index (χ2n) is 7.85. The van der Waals surface area contributed by atoms with Gasteiger partial charge in [0.25, 0.3) is 0 Å². The molecule has 0 aliphatic rings. The number of hydrogen-bond donors (Lipinski definition) is 3. The molecule has 184 valence electrons. The van der Waals surface area contributed by atoms with Crippen LogP contribution in [-0.2, 0) is 32.2 Å². The van der Waals surface area contributed by atoms with E-state index in [1.807, 2.05) is 66.7 Å². The van der Waals surface area contributed by atoms with Gasteiger partial charge in [0.2, 0.25) is 0 Å². The van der Waals surface area contributed by atoms with E-state index in [-0.39, 0.29) is 13.2 Å². The Morgan fingerprint density at radius 2 is 1.63 bits per heavy atom. The Hall–Kier alpha value is -3.95. The lowest BCUT2D eigenvalue weighted by atomic mass is 10.1. The van der Waals surface area contributed by atoms with Crippen molar-refractivity contribution in [1.29, 1.82) is 0 Å². The number of nitrogens with zero attached hydrogens (tertiary/aromatic N) is 1. The van der Waals surface area contributed by atoms with E-state index in [1.165, 1.54) is 0 Å². The molecule has 0 atom stereocenters. The number of ether oxygens (including phenoxy) is 2. The fourth-order valence-electron chi connectivity index (χ4n) is 3.42. The first-order chi connectivity index (χ1) is 17.0. The molecule has 9 nitrogen and oxygen atoms in total. The summed E-state index contributed by atoms with van der Waals surface area (Å²) in [6.07, 6.45) is 0.730. The van der Waals surface area contributed by atoms with Crippen molar-refractivity contribution in [3.8, 4) is 0 Å². The molecule has 0 fully saturated rings. The molecule has 0 aliphatic carbocycles. The van der Waals surface area contributed by atoms with Gasteiger partial charge in [-0.05, 0) is 42.0 Å². The predicted octanol–water partition coefficient (Wildman–Crippen LogP) is 3.85. The fraction of sp³-hybridized carbons (Fsp3) is 0.269. The maximum Gasteiger partial charge on any atom is 0.411 e. The Morgan fingerprint density at radius 1 is 0.914 bits per heavy atom. The summed E-state index contributed by atoms with van der Waals surface area (Å²) in [4.78, 5) is 34.7. The summed E-state index contributed by atoms with van der Waals surface area (Å²) < 4.78 is 9.63. The molecule has 3 aromatic carbocycles. The highest BCUT2D eigenvalue weighted by Gasteiger charge is 2.20. The maximum atomic E-state index is 12.2. The number of anilines is 1. The quantitative estimate of drug-likeness (QED) is 0.133. The van der Waals surface area contributed by atoms with Gasteiger partial charge in [0, 0.05) is 18.5 Å². The van der Waals surface area contributed by atoms with Gasteiger partial charge in [-0.3, -0.25) is 15.3 Å². The maximum absolute atomic E-state index is 12.2. The first-order valence-corrected chi connectivity index (χ1v) is 11.3. The molecule has 0 saturated carbocycles. The van der Waals surface area contributed by atoms with Gasteiger partial charge in [-0.2, -0.15) is 0 Å². The van der Waals surface area contributed by atoms with Crippen LogP contribution in [-0.4, -0.2) is 48.4 Å². The van der Waals surface area contributed by atoms with E-state index >= 15 is 0 Å². The van der Waals surface area contributed by atoms with Crippen LogP contribution in [0.4, 0.5) is 10.5 Å². The topological polar surface area (TPSA) is 117 Å². The van der Waals surface area contributed by atoms with Crippen LogP contribution in [0, 0.1) is 0 Å². The molecule has 3 aromatic rings. The molecule has 0 unspecified atom stereocenters. The van der Waals surface area contributed by atoms with Crippen molar-refractivity contribution < 1.29 is 29.1 Å². The molecule has 0 spiro atoms. The molecular formula is C26H29N3O6. The second-order valence-corrected chi connectivity index (χ2v) is 7.85. The van der Waals surface area contributed by atoms with Crippen molar-refractivity contribution in [2.75, 3.05) is 25.5 Å². The number of carbonyl (C=O) groups is 3.